The van der Waals surface area contributed by atoms with Gasteiger partial charge in [0.2, 0.25) is 10.0 Å². The maximum Gasteiger partial charge on any atom is 0.211 e. The Morgan fingerprint density at radius 3 is 2.50 bits per heavy atom. The molecule has 102 valence electrons. The molecule has 1 aromatic rings. The number of sulfone groups is 1. The van der Waals surface area contributed by atoms with Crippen LogP contribution in [0.5, 0.6) is 0 Å². The summed E-state index contributed by atoms with van der Waals surface area (Å²) >= 11 is 0. The highest BCUT2D eigenvalue weighted by atomic mass is 32.2. The molecule has 1 aromatic heterocycles. The predicted molar refractivity (Wildman–Crippen MR) is 65.5 cm³/mol. The molecule has 0 unspecified atom stereocenters. The van der Waals surface area contributed by atoms with Crippen molar-refractivity contribution < 1.29 is 16.8 Å². The first kappa shape index (κ1) is 13.5. The van der Waals surface area contributed by atoms with E-state index < -0.39 is 19.9 Å². The zero-order valence-electron chi connectivity index (χ0n) is 10.1. The van der Waals surface area contributed by atoms with Crippen LogP contribution in [0, 0.1) is 0 Å². The number of nitrogens with one attached hydrogen (secondary N) is 1. The van der Waals surface area contributed by atoms with E-state index in [9.17, 15) is 16.8 Å². The Bertz CT molecular complexity index is 647. The van der Waals surface area contributed by atoms with Crippen LogP contribution >= 0.6 is 0 Å². The van der Waals surface area contributed by atoms with E-state index in [1.165, 1.54) is 10.5 Å². The monoisotopic (exact) mass is 293 g/mol. The fraction of sp³-hybridized carbons (Fsp3) is 0.667. The first-order chi connectivity index (χ1) is 8.19. The van der Waals surface area contributed by atoms with Gasteiger partial charge in [-0.05, 0) is 6.42 Å². The van der Waals surface area contributed by atoms with Gasteiger partial charge in [-0.25, -0.2) is 21.1 Å². The van der Waals surface area contributed by atoms with Crippen LogP contribution in [-0.4, -0.2) is 56.9 Å². The van der Waals surface area contributed by atoms with E-state index in [4.69, 9.17) is 0 Å². The molecule has 0 aromatic carbocycles. The molecule has 0 aliphatic carbocycles. The molecule has 18 heavy (non-hydrogen) atoms. The molecule has 0 amide bonds. The van der Waals surface area contributed by atoms with E-state index in [2.05, 4.69) is 10.2 Å². The van der Waals surface area contributed by atoms with E-state index in [0.29, 0.717) is 25.2 Å². The molecule has 0 radical (unpaired) electrons. The summed E-state index contributed by atoms with van der Waals surface area (Å²) < 4.78 is 47.3. The Morgan fingerprint density at radius 2 is 2.00 bits per heavy atom. The number of rotatable bonds is 3. The first-order valence-corrected chi connectivity index (χ1v) is 9.12. The average Bonchev–Trinajstić information content (AvgIpc) is 2.84. The SMILES string of the molecule is CS(=O)(=O)c1cn[nH]c1[C@H]1CCN(S(C)(=O)=O)C1. The van der Waals surface area contributed by atoms with E-state index in [1.807, 2.05) is 0 Å². The molecule has 0 bridgehead atoms. The van der Waals surface area contributed by atoms with Crippen molar-refractivity contribution in [2.45, 2.75) is 17.2 Å². The molecule has 0 spiro atoms. The highest BCUT2D eigenvalue weighted by Crippen LogP contribution is 2.30. The molecule has 2 heterocycles. The van der Waals surface area contributed by atoms with Gasteiger partial charge in [-0.1, -0.05) is 0 Å². The van der Waals surface area contributed by atoms with Crippen LogP contribution in [0.25, 0.3) is 0 Å². The zero-order valence-corrected chi connectivity index (χ0v) is 11.8. The summed E-state index contributed by atoms with van der Waals surface area (Å²) in [7, 11) is -6.57. The van der Waals surface area contributed by atoms with Crippen LogP contribution in [0.15, 0.2) is 11.1 Å². The van der Waals surface area contributed by atoms with E-state index in [-0.39, 0.29) is 10.8 Å². The fourth-order valence-electron chi connectivity index (χ4n) is 2.14. The lowest BCUT2D eigenvalue weighted by molar-refractivity contribution is 0.477. The van der Waals surface area contributed by atoms with E-state index in [1.54, 1.807) is 0 Å². The third-order valence-electron chi connectivity index (χ3n) is 3.06. The van der Waals surface area contributed by atoms with Crippen LogP contribution in [0.2, 0.25) is 0 Å². The highest BCUT2D eigenvalue weighted by Gasteiger charge is 2.33. The molecule has 0 saturated carbocycles. The van der Waals surface area contributed by atoms with Gasteiger partial charge >= 0.3 is 0 Å². The predicted octanol–water partition coefficient (Wildman–Crippen LogP) is -0.438. The number of hydrogen-bond acceptors (Lipinski definition) is 5. The molecule has 1 N–H and O–H groups in total. The Hall–Kier alpha value is -0.930. The van der Waals surface area contributed by atoms with Crippen molar-refractivity contribution in [1.29, 1.82) is 0 Å². The fourth-order valence-corrected chi connectivity index (χ4v) is 3.88. The normalized spacial score (nSPS) is 22.4. The molecule has 9 heteroatoms. The van der Waals surface area contributed by atoms with Crippen LogP contribution < -0.4 is 0 Å². The maximum absolute atomic E-state index is 11.6. The number of nitrogens with zero attached hydrogens (tertiary/aromatic N) is 2. The molecule has 1 atom stereocenters. The highest BCUT2D eigenvalue weighted by molar-refractivity contribution is 7.90. The minimum atomic E-state index is -3.34. The van der Waals surface area contributed by atoms with Gasteiger partial charge in [0.05, 0.1) is 18.1 Å². The molecule has 1 fully saturated rings. The van der Waals surface area contributed by atoms with E-state index >= 15 is 0 Å². The quantitative estimate of drug-likeness (QED) is 0.814. The van der Waals surface area contributed by atoms with E-state index in [0.717, 1.165) is 12.5 Å². The Labute approximate surface area is 106 Å². The summed E-state index contributed by atoms with van der Waals surface area (Å²) in [4.78, 5) is 0.155. The van der Waals surface area contributed by atoms with Crippen LogP contribution in [0.1, 0.15) is 18.0 Å². The summed E-state index contributed by atoms with van der Waals surface area (Å²) in [5.74, 6) is -0.146. The summed E-state index contributed by atoms with van der Waals surface area (Å²) in [6.45, 7) is 0.704. The largest absolute Gasteiger partial charge is 0.281 e. The summed E-state index contributed by atoms with van der Waals surface area (Å²) in [6.07, 6.45) is 4.13. The number of aromatic amines is 1. The molecular weight excluding hydrogens is 278 g/mol. The second-order valence-corrected chi connectivity index (χ2v) is 8.49. The number of sulfonamides is 1. The third-order valence-corrected chi connectivity index (χ3v) is 5.45. The van der Waals surface area contributed by atoms with Crippen LogP contribution in [0.3, 0.4) is 0 Å². The molecular formula is C9H15N3O4S2. The molecule has 1 aliphatic heterocycles. The van der Waals surface area contributed by atoms with Gasteiger partial charge in [0.1, 0.15) is 4.90 Å². The van der Waals surface area contributed by atoms with Crippen LogP contribution in [0.4, 0.5) is 0 Å². The maximum atomic E-state index is 11.6. The first-order valence-electron chi connectivity index (χ1n) is 5.38. The van der Waals surface area contributed by atoms with Gasteiger partial charge in [-0.15, -0.1) is 0 Å². The Morgan fingerprint density at radius 1 is 1.33 bits per heavy atom. The van der Waals surface area contributed by atoms with Gasteiger partial charge < -0.3 is 0 Å². The number of hydrogen-bond donors (Lipinski definition) is 1. The topological polar surface area (TPSA) is 100 Å². The summed E-state index contributed by atoms with van der Waals surface area (Å²) in [5, 5.41) is 6.42. The molecule has 2 rings (SSSR count). The molecule has 7 nitrogen and oxygen atoms in total. The second-order valence-electron chi connectivity index (χ2n) is 4.53. The summed E-state index contributed by atoms with van der Waals surface area (Å²) in [6, 6.07) is 0. The molecule has 1 saturated heterocycles. The van der Waals surface area contributed by atoms with Crippen molar-refractivity contribution >= 4 is 19.9 Å². The van der Waals surface area contributed by atoms with Gasteiger partial charge in [0.15, 0.2) is 9.84 Å². The lowest BCUT2D eigenvalue weighted by atomic mass is 10.1. The summed E-state index contributed by atoms with van der Waals surface area (Å²) in [5.41, 5.74) is 0.503. The zero-order chi connectivity index (χ0) is 13.6. The Balaban J connectivity index is 2.29. The number of aromatic nitrogens is 2. The van der Waals surface area contributed by atoms with Crippen molar-refractivity contribution in [1.82, 2.24) is 14.5 Å². The van der Waals surface area contributed by atoms with Crippen LogP contribution in [-0.2, 0) is 19.9 Å². The Kier molecular flexibility index (Phi) is 3.24. The third kappa shape index (κ3) is 2.57. The van der Waals surface area contributed by atoms with Gasteiger partial charge in [0, 0.05) is 25.3 Å². The van der Waals surface area contributed by atoms with Crippen molar-refractivity contribution in [2.24, 2.45) is 0 Å². The molecule has 1 aliphatic rings. The lowest BCUT2D eigenvalue weighted by Crippen LogP contribution is -2.27. The minimum absolute atomic E-state index is 0.146. The lowest BCUT2D eigenvalue weighted by Gasteiger charge is -2.13. The smallest absolute Gasteiger partial charge is 0.211 e. The van der Waals surface area contributed by atoms with Crippen molar-refractivity contribution in [3.05, 3.63) is 11.9 Å². The van der Waals surface area contributed by atoms with Gasteiger partial charge in [-0.2, -0.15) is 5.10 Å². The minimum Gasteiger partial charge on any atom is -0.281 e. The van der Waals surface area contributed by atoms with Gasteiger partial charge in [-0.3, -0.25) is 5.10 Å². The average molecular weight is 293 g/mol. The second kappa shape index (κ2) is 4.32. The van der Waals surface area contributed by atoms with Crippen molar-refractivity contribution in [3.63, 3.8) is 0 Å². The van der Waals surface area contributed by atoms with Gasteiger partial charge in [0.25, 0.3) is 0 Å². The standard InChI is InChI=1S/C9H15N3O4S2/c1-17(13,14)8-5-10-11-9(8)7-3-4-12(6-7)18(2,15)16/h5,7H,3-4,6H2,1-2H3,(H,10,11)/t7-/m0/s1. The van der Waals surface area contributed by atoms with Crippen molar-refractivity contribution in [3.8, 4) is 0 Å². The van der Waals surface area contributed by atoms with Crippen molar-refractivity contribution in [2.75, 3.05) is 25.6 Å². The number of H-pyrrole nitrogens is 1.